The van der Waals surface area contributed by atoms with Crippen LogP contribution in [-0.2, 0) is 4.79 Å². The van der Waals surface area contributed by atoms with E-state index >= 15 is 0 Å². The zero-order valence-electron chi connectivity index (χ0n) is 15.5. The number of nitrogens with zero attached hydrogens (tertiary/aromatic N) is 4. The van der Waals surface area contributed by atoms with E-state index < -0.39 is 0 Å². The molecule has 2 N–H and O–H groups in total. The van der Waals surface area contributed by atoms with E-state index in [0.717, 1.165) is 48.8 Å². The highest BCUT2D eigenvalue weighted by Gasteiger charge is 2.25. The highest BCUT2D eigenvalue weighted by Crippen LogP contribution is 2.25. The lowest BCUT2D eigenvalue weighted by Gasteiger charge is -2.32. The molecule has 1 saturated heterocycles. The maximum Gasteiger partial charge on any atom is 0.227 e. The Morgan fingerprint density at radius 1 is 1.25 bits per heavy atom. The van der Waals surface area contributed by atoms with Crippen LogP contribution < -0.4 is 10.2 Å². The molecule has 1 aliphatic rings. The predicted molar refractivity (Wildman–Crippen MR) is 109 cm³/mol. The molecule has 3 heterocycles. The van der Waals surface area contributed by atoms with Crippen LogP contribution in [0, 0.1) is 12.8 Å². The Morgan fingerprint density at radius 2 is 2.07 bits per heavy atom. The van der Waals surface area contributed by atoms with E-state index in [4.69, 9.17) is 11.6 Å². The average Bonchev–Trinajstić information content (AvgIpc) is 3.15. The Labute approximate surface area is 168 Å². The van der Waals surface area contributed by atoms with Crippen LogP contribution in [-0.4, -0.2) is 39.2 Å². The van der Waals surface area contributed by atoms with E-state index in [0.29, 0.717) is 10.8 Å². The SMILES string of the molecule is Cc1nc(-c2cccc(NC(=O)C3CCN(c4ccc(Cl)cn4)CC3)c2)n[nH]1. The zero-order chi connectivity index (χ0) is 19.5. The molecule has 0 radical (unpaired) electrons. The summed E-state index contributed by atoms with van der Waals surface area (Å²) in [5.41, 5.74) is 1.62. The second-order valence-electron chi connectivity index (χ2n) is 6.91. The maximum atomic E-state index is 12.7. The van der Waals surface area contributed by atoms with Gasteiger partial charge in [-0.25, -0.2) is 9.97 Å². The second-order valence-corrected chi connectivity index (χ2v) is 7.35. The molecule has 4 rings (SSSR count). The fourth-order valence-electron chi connectivity index (χ4n) is 3.38. The van der Waals surface area contributed by atoms with E-state index in [2.05, 4.69) is 30.4 Å². The maximum absolute atomic E-state index is 12.7. The second kappa shape index (κ2) is 7.98. The first-order chi connectivity index (χ1) is 13.6. The smallest absolute Gasteiger partial charge is 0.227 e. The van der Waals surface area contributed by atoms with Crippen molar-refractivity contribution in [3.8, 4) is 11.4 Å². The van der Waals surface area contributed by atoms with Crippen molar-refractivity contribution in [1.82, 2.24) is 20.2 Å². The molecule has 0 aliphatic carbocycles. The highest BCUT2D eigenvalue weighted by atomic mass is 35.5. The quantitative estimate of drug-likeness (QED) is 0.702. The van der Waals surface area contributed by atoms with Gasteiger partial charge >= 0.3 is 0 Å². The third-order valence-corrected chi connectivity index (χ3v) is 5.11. The van der Waals surface area contributed by atoms with Gasteiger partial charge in [0, 0.05) is 36.5 Å². The van der Waals surface area contributed by atoms with Crippen molar-refractivity contribution >= 4 is 29.0 Å². The summed E-state index contributed by atoms with van der Waals surface area (Å²) in [6, 6.07) is 11.4. The van der Waals surface area contributed by atoms with Crippen molar-refractivity contribution in [3.05, 3.63) is 53.4 Å². The number of piperidine rings is 1. The molecule has 1 aromatic carbocycles. The molecule has 3 aromatic rings. The Balaban J connectivity index is 1.36. The van der Waals surface area contributed by atoms with Crippen LogP contribution in [0.5, 0.6) is 0 Å². The number of aromatic nitrogens is 4. The molecule has 28 heavy (non-hydrogen) atoms. The Kier molecular flexibility index (Phi) is 5.25. The number of rotatable bonds is 4. The molecule has 0 saturated carbocycles. The average molecular weight is 397 g/mol. The molecule has 0 spiro atoms. The molecule has 8 heteroatoms. The molecule has 1 aliphatic heterocycles. The molecule has 0 bridgehead atoms. The first kappa shape index (κ1) is 18.4. The van der Waals surface area contributed by atoms with E-state index in [1.165, 1.54) is 0 Å². The first-order valence-electron chi connectivity index (χ1n) is 9.25. The minimum Gasteiger partial charge on any atom is -0.357 e. The summed E-state index contributed by atoms with van der Waals surface area (Å²) in [5.74, 6) is 2.31. The standard InChI is InChI=1S/C20H21ClN6O/c1-13-23-19(26-25-13)15-3-2-4-17(11-15)24-20(28)14-7-9-27(10-8-14)18-6-5-16(21)12-22-18/h2-6,11-12,14H,7-10H2,1H3,(H,24,28)(H,23,25,26). The van der Waals surface area contributed by atoms with Gasteiger partial charge in [-0.1, -0.05) is 23.7 Å². The number of aryl methyl sites for hydroxylation is 1. The highest BCUT2D eigenvalue weighted by molar-refractivity contribution is 6.30. The number of hydrogen-bond acceptors (Lipinski definition) is 5. The molecule has 1 amide bonds. The molecule has 144 valence electrons. The molecular formula is C20H21ClN6O. The van der Waals surface area contributed by atoms with Gasteiger partial charge in [-0.05, 0) is 44.0 Å². The van der Waals surface area contributed by atoms with Crippen LogP contribution in [0.2, 0.25) is 5.02 Å². The van der Waals surface area contributed by atoms with E-state index in [1.54, 1.807) is 6.20 Å². The number of H-pyrrole nitrogens is 1. The van der Waals surface area contributed by atoms with Gasteiger partial charge < -0.3 is 10.2 Å². The number of aromatic amines is 1. The molecule has 7 nitrogen and oxygen atoms in total. The monoisotopic (exact) mass is 396 g/mol. The van der Waals surface area contributed by atoms with Crippen molar-refractivity contribution < 1.29 is 4.79 Å². The predicted octanol–water partition coefficient (Wildman–Crippen LogP) is 3.68. The zero-order valence-corrected chi connectivity index (χ0v) is 16.3. The van der Waals surface area contributed by atoms with Crippen LogP contribution in [0.1, 0.15) is 18.7 Å². The van der Waals surface area contributed by atoms with Crippen LogP contribution in [0.3, 0.4) is 0 Å². The number of anilines is 2. The first-order valence-corrected chi connectivity index (χ1v) is 9.63. The topological polar surface area (TPSA) is 86.8 Å². The summed E-state index contributed by atoms with van der Waals surface area (Å²) in [6.07, 6.45) is 3.23. The van der Waals surface area contributed by atoms with E-state index in [-0.39, 0.29) is 11.8 Å². The van der Waals surface area contributed by atoms with E-state index in [1.807, 2.05) is 43.3 Å². The number of nitrogens with one attached hydrogen (secondary N) is 2. The van der Waals surface area contributed by atoms with E-state index in [9.17, 15) is 4.79 Å². The summed E-state index contributed by atoms with van der Waals surface area (Å²) < 4.78 is 0. The summed E-state index contributed by atoms with van der Waals surface area (Å²) in [7, 11) is 0. The summed E-state index contributed by atoms with van der Waals surface area (Å²) in [6.45, 7) is 3.44. The number of pyridine rings is 1. The fourth-order valence-corrected chi connectivity index (χ4v) is 3.49. The number of carbonyl (C=O) groups is 1. The third kappa shape index (κ3) is 4.14. The molecule has 1 fully saturated rings. The normalized spacial score (nSPS) is 14.9. The number of benzene rings is 1. The lowest BCUT2D eigenvalue weighted by atomic mass is 9.95. The number of hydrogen-bond donors (Lipinski definition) is 2. The van der Waals surface area contributed by atoms with Gasteiger partial charge in [0.15, 0.2) is 5.82 Å². The summed E-state index contributed by atoms with van der Waals surface area (Å²) in [4.78, 5) is 23.6. The molecular weight excluding hydrogens is 376 g/mol. The van der Waals surface area contributed by atoms with Gasteiger partial charge in [0.2, 0.25) is 5.91 Å². The lowest BCUT2D eigenvalue weighted by molar-refractivity contribution is -0.120. The Bertz CT molecular complexity index is 963. The largest absolute Gasteiger partial charge is 0.357 e. The van der Waals surface area contributed by atoms with Crippen molar-refractivity contribution in [2.24, 2.45) is 5.92 Å². The van der Waals surface area contributed by atoms with Crippen LogP contribution in [0.4, 0.5) is 11.5 Å². The van der Waals surface area contributed by atoms with Crippen LogP contribution in [0.15, 0.2) is 42.6 Å². The number of halogens is 1. The van der Waals surface area contributed by atoms with Gasteiger partial charge in [0.05, 0.1) is 5.02 Å². The Hall–Kier alpha value is -2.93. The molecule has 2 aromatic heterocycles. The minimum atomic E-state index is -0.0158. The fraction of sp³-hybridized carbons (Fsp3) is 0.300. The lowest BCUT2D eigenvalue weighted by Crippen LogP contribution is -2.38. The van der Waals surface area contributed by atoms with Crippen LogP contribution in [0.25, 0.3) is 11.4 Å². The van der Waals surface area contributed by atoms with Gasteiger partial charge in [-0.15, -0.1) is 0 Å². The van der Waals surface area contributed by atoms with Gasteiger partial charge in [0.1, 0.15) is 11.6 Å². The molecule has 0 unspecified atom stereocenters. The third-order valence-electron chi connectivity index (χ3n) is 4.89. The number of amides is 1. The van der Waals surface area contributed by atoms with Crippen molar-refractivity contribution in [3.63, 3.8) is 0 Å². The Morgan fingerprint density at radius 3 is 2.75 bits per heavy atom. The number of carbonyl (C=O) groups excluding carboxylic acids is 1. The summed E-state index contributed by atoms with van der Waals surface area (Å²) in [5, 5.41) is 10.7. The van der Waals surface area contributed by atoms with Crippen molar-refractivity contribution in [2.45, 2.75) is 19.8 Å². The van der Waals surface area contributed by atoms with Gasteiger partial charge in [0.25, 0.3) is 0 Å². The van der Waals surface area contributed by atoms with Gasteiger partial charge in [-0.3, -0.25) is 9.89 Å². The van der Waals surface area contributed by atoms with Crippen molar-refractivity contribution in [2.75, 3.05) is 23.3 Å². The summed E-state index contributed by atoms with van der Waals surface area (Å²) >= 11 is 5.90. The van der Waals surface area contributed by atoms with Crippen molar-refractivity contribution in [1.29, 1.82) is 0 Å². The van der Waals surface area contributed by atoms with Crippen LogP contribution >= 0.6 is 11.6 Å². The minimum absolute atomic E-state index is 0.0158. The van der Waals surface area contributed by atoms with Gasteiger partial charge in [-0.2, -0.15) is 5.10 Å². The molecule has 0 atom stereocenters.